The zero-order valence-electron chi connectivity index (χ0n) is 14.9. The van der Waals surface area contributed by atoms with Gasteiger partial charge < -0.3 is 9.47 Å². The lowest BCUT2D eigenvalue weighted by Crippen LogP contribution is -2.51. The van der Waals surface area contributed by atoms with Gasteiger partial charge >= 0.3 is 0 Å². The Kier molecular flexibility index (Phi) is 3.51. The minimum atomic E-state index is -0.354. The van der Waals surface area contributed by atoms with Crippen molar-refractivity contribution < 1.29 is 14.3 Å². The second-order valence-corrected chi connectivity index (χ2v) is 8.99. The molecule has 4 fully saturated rings. The fourth-order valence-electron chi connectivity index (χ4n) is 7.16. The first-order chi connectivity index (χ1) is 11.7. The number of allylic oxidation sites excluding steroid dienone is 1. The number of ketones is 1. The monoisotopic (exact) mass is 330 g/mol. The van der Waals surface area contributed by atoms with Crippen LogP contribution in [0.15, 0.2) is 11.6 Å². The molecular formula is C21H30O3. The molecular weight excluding hydrogens is 300 g/mol. The van der Waals surface area contributed by atoms with E-state index in [1.54, 1.807) is 0 Å². The maximum Gasteiger partial charge on any atom is 0.172 e. The molecule has 3 nitrogen and oxygen atoms in total. The highest BCUT2D eigenvalue weighted by Gasteiger charge is 2.58. The topological polar surface area (TPSA) is 35.5 Å². The number of Topliss-reactive ketones (excluding diaryl/α,β-unsaturated/α-hetero) is 1. The lowest BCUT2D eigenvalue weighted by Gasteiger charge is -2.53. The third kappa shape index (κ3) is 2.07. The molecule has 4 unspecified atom stereocenters. The molecule has 1 spiro atoms. The molecule has 0 amide bonds. The normalized spacial score (nSPS) is 46.4. The van der Waals surface area contributed by atoms with Crippen molar-refractivity contribution in [1.82, 2.24) is 0 Å². The van der Waals surface area contributed by atoms with E-state index >= 15 is 0 Å². The van der Waals surface area contributed by atoms with Crippen LogP contribution in [0.3, 0.4) is 0 Å². The van der Waals surface area contributed by atoms with Crippen LogP contribution in [0.2, 0.25) is 0 Å². The van der Waals surface area contributed by atoms with E-state index in [2.05, 4.69) is 13.0 Å². The van der Waals surface area contributed by atoms with Crippen LogP contribution >= 0.6 is 0 Å². The van der Waals surface area contributed by atoms with Crippen molar-refractivity contribution in [2.75, 3.05) is 13.2 Å². The van der Waals surface area contributed by atoms with Gasteiger partial charge in [-0.25, -0.2) is 0 Å². The van der Waals surface area contributed by atoms with E-state index in [0.717, 1.165) is 51.2 Å². The van der Waals surface area contributed by atoms with Gasteiger partial charge in [-0.3, -0.25) is 4.79 Å². The summed E-state index contributed by atoms with van der Waals surface area (Å²) in [6.45, 7) is 3.77. The van der Waals surface area contributed by atoms with Gasteiger partial charge in [0.1, 0.15) is 5.78 Å². The van der Waals surface area contributed by atoms with Crippen LogP contribution in [-0.2, 0) is 14.3 Å². The summed E-state index contributed by atoms with van der Waals surface area (Å²) in [6, 6.07) is 0. The summed E-state index contributed by atoms with van der Waals surface area (Å²) < 4.78 is 11.9. The van der Waals surface area contributed by atoms with Crippen LogP contribution in [-0.4, -0.2) is 24.8 Å². The summed E-state index contributed by atoms with van der Waals surface area (Å²) >= 11 is 0. The highest BCUT2D eigenvalue weighted by molar-refractivity contribution is 5.84. The van der Waals surface area contributed by atoms with Gasteiger partial charge in [-0.1, -0.05) is 25.0 Å². The number of rotatable bonds is 1. The van der Waals surface area contributed by atoms with Gasteiger partial charge in [-0.05, 0) is 55.3 Å². The van der Waals surface area contributed by atoms with Crippen LogP contribution in [0, 0.1) is 29.1 Å². The Labute approximate surface area is 145 Å². The van der Waals surface area contributed by atoms with Crippen LogP contribution in [0.4, 0.5) is 0 Å². The third-order valence-electron chi connectivity index (χ3n) is 8.24. The molecule has 3 heteroatoms. The average Bonchev–Trinajstić information content (AvgIpc) is 3.22. The van der Waals surface area contributed by atoms with Crippen molar-refractivity contribution in [3.8, 4) is 0 Å². The molecule has 132 valence electrons. The van der Waals surface area contributed by atoms with E-state index in [1.165, 1.54) is 31.3 Å². The summed E-state index contributed by atoms with van der Waals surface area (Å²) in [5.41, 5.74) is 1.82. The van der Waals surface area contributed by atoms with E-state index in [1.807, 2.05) is 0 Å². The SMILES string of the molecule is CC[C@@]12CCCC1C1CC=C3CC4(CCC3C1C(=O)C2)OCCO4. The lowest BCUT2D eigenvalue weighted by atomic mass is 9.51. The molecule has 4 aliphatic carbocycles. The molecule has 0 radical (unpaired) electrons. The van der Waals surface area contributed by atoms with E-state index in [-0.39, 0.29) is 5.79 Å². The summed E-state index contributed by atoms with van der Waals surface area (Å²) in [5.74, 6) is 2.41. The average molecular weight is 330 g/mol. The third-order valence-corrected chi connectivity index (χ3v) is 8.24. The zero-order chi connectivity index (χ0) is 16.4. The standard InChI is InChI=1S/C21H30O3/c1-2-20-8-3-4-17(20)16-6-5-14-12-21(23-10-11-24-21)9-7-15(14)19(16)18(22)13-20/h5,15-17,19H,2-4,6-13H2,1H3/t15?,16?,17?,19?,20-/m0/s1. The molecule has 0 bridgehead atoms. The zero-order valence-corrected chi connectivity index (χ0v) is 14.9. The van der Waals surface area contributed by atoms with Crippen molar-refractivity contribution >= 4 is 5.78 Å². The summed E-state index contributed by atoms with van der Waals surface area (Å²) in [5, 5.41) is 0. The molecule has 1 aliphatic heterocycles. The van der Waals surface area contributed by atoms with E-state index in [9.17, 15) is 4.79 Å². The number of hydrogen-bond acceptors (Lipinski definition) is 3. The van der Waals surface area contributed by atoms with Crippen molar-refractivity contribution in [3.63, 3.8) is 0 Å². The number of ether oxygens (including phenoxy) is 2. The minimum absolute atomic E-state index is 0.298. The first-order valence-electron chi connectivity index (χ1n) is 10.2. The van der Waals surface area contributed by atoms with E-state index < -0.39 is 0 Å². The smallest absolute Gasteiger partial charge is 0.172 e. The Balaban J connectivity index is 1.45. The highest BCUT2D eigenvalue weighted by Crippen LogP contribution is 2.62. The number of hydrogen-bond donors (Lipinski definition) is 0. The van der Waals surface area contributed by atoms with Gasteiger partial charge in [0, 0.05) is 25.2 Å². The summed E-state index contributed by atoms with van der Waals surface area (Å²) in [6.07, 6.45) is 12.6. The molecule has 5 aliphatic rings. The largest absolute Gasteiger partial charge is 0.347 e. The molecule has 24 heavy (non-hydrogen) atoms. The Hall–Kier alpha value is -0.670. The first-order valence-corrected chi connectivity index (χ1v) is 10.2. The summed E-state index contributed by atoms with van der Waals surface area (Å²) in [4.78, 5) is 13.2. The lowest BCUT2D eigenvalue weighted by molar-refractivity contribution is -0.177. The van der Waals surface area contributed by atoms with Crippen molar-refractivity contribution in [2.24, 2.45) is 29.1 Å². The quantitative estimate of drug-likeness (QED) is 0.674. The van der Waals surface area contributed by atoms with Gasteiger partial charge in [0.2, 0.25) is 0 Å². The van der Waals surface area contributed by atoms with Gasteiger partial charge in [-0.2, -0.15) is 0 Å². The molecule has 0 aromatic heterocycles. The Morgan fingerprint density at radius 1 is 1.17 bits per heavy atom. The summed E-state index contributed by atoms with van der Waals surface area (Å²) in [7, 11) is 0. The van der Waals surface area contributed by atoms with Gasteiger partial charge in [0.25, 0.3) is 0 Å². The predicted octanol–water partition coefficient (Wildman–Crippen LogP) is 4.26. The molecule has 1 heterocycles. The second kappa shape index (κ2) is 5.41. The maximum atomic E-state index is 13.2. The Morgan fingerprint density at radius 3 is 2.79 bits per heavy atom. The van der Waals surface area contributed by atoms with Gasteiger partial charge in [-0.15, -0.1) is 0 Å². The van der Waals surface area contributed by atoms with E-state index in [4.69, 9.17) is 9.47 Å². The van der Waals surface area contributed by atoms with Gasteiger partial charge in [0.15, 0.2) is 5.79 Å². The maximum absolute atomic E-state index is 13.2. The van der Waals surface area contributed by atoms with Crippen molar-refractivity contribution in [1.29, 1.82) is 0 Å². The number of fused-ring (bicyclic) bond motifs is 5. The molecule has 3 saturated carbocycles. The molecule has 0 aromatic rings. The molecule has 5 rings (SSSR count). The highest BCUT2D eigenvalue weighted by atomic mass is 16.7. The fourth-order valence-corrected chi connectivity index (χ4v) is 7.16. The Morgan fingerprint density at radius 2 is 2.00 bits per heavy atom. The van der Waals surface area contributed by atoms with Crippen LogP contribution in [0.1, 0.15) is 64.7 Å². The number of carbonyl (C=O) groups is 1. The molecule has 5 atom stereocenters. The van der Waals surface area contributed by atoms with Crippen molar-refractivity contribution in [3.05, 3.63) is 11.6 Å². The molecule has 0 N–H and O–H groups in total. The van der Waals surface area contributed by atoms with E-state index in [0.29, 0.717) is 29.0 Å². The molecule has 0 aromatic carbocycles. The first kappa shape index (κ1) is 15.6. The fraction of sp³-hybridized carbons (Fsp3) is 0.857. The van der Waals surface area contributed by atoms with Crippen LogP contribution in [0.5, 0.6) is 0 Å². The Bertz CT molecular complexity index is 574. The minimum Gasteiger partial charge on any atom is -0.347 e. The predicted molar refractivity (Wildman–Crippen MR) is 91.3 cm³/mol. The molecule has 1 saturated heterocycles. The second-order valence-electron chi connectivity index (χ2n) is 8.99. The van der Waals surface area contributed by atoms with Crippen LogP contribution in [0.25, 0.3) is 0 Å². The van der Waals surface area contributed by atoms with Crippen LogP contribution < -0.4 is 0 Å². The van der Waals surface area contributed by atoms with Gasteiger partial charge in [0.05, 0.1) is 13.2 Å². The van der Waals surface area contributed by atoms with Crippen molar-refractivity contribution in [2.45, 2.75) is 70.5 Å². The number of carbonyl (C=O) groups excluding carboxylic acids is 1.